The van der Waals surface area contributed by atoms with E-state index in [-0.39, 0.29) is 17.6 Å². The standard InChI is InChI=1S/C13H24F2O2S/c1-10(2)9-17-13(16)11(3)18-8-6-4-5-7-12(14)15/h10-12H,4-9H2,1-3H3. The van der Waals surface area contributed by atoms with E-state index in [2.05, 4.69) is 0 Å². The van der Waals surface area contributed by atoms with Crippen LogP contribution in [0.2, 0.25) is 0 Å². The van der Waals surface area contributed by atoms with Gasteiger partial charge in [-0.25, -0.2) is 8.78 Å². The van der Waals surface area contributed by atoms with E-state index in [1.165, 1.54) is 11.8 Å². The van der Waals surface area contributed by atoms with E-state index in [1.54, 1.807) is 0 Å². The molecule has 0 aromatic carbocycles. The quantitative estimate of drug-likeness (QED) is 0.445. The largest absolute Gasteiger partial charge is 0.465 e. The highest BCUT2D eigenvalue weighted by atomic mass is 32.2. The van der Waals surface area contributed by atoms with Crippen LogP contribution in [0.1, 0.15) is 46.5 Å². The van der Waals surface area contributed by atoms with Crippen molar-refractivity contribution in [1.82, 2.24) is 0 Å². The molecule has 1 atom stereocenters. The average Bonchev–Trinajstić information content (AvgIpc) is 2.29. The van der Waals surface area contributed by atoms with Gasteiger partial charge in [-0.1, -0.05) is 20.3 Å². The van der Waals surface area contributed by atoms with E-state index < -0.39 is 6.43 Å². The second-order valence-electron chi connectivity index (χ2n) is 4.78. The first kappa shape index (κ1) is 17.7. The maximum absolute atomic E-state index is 11.9. The summed E-state index contributed by atoms with van der Waals surface area (Å²) < 4.78 is 28.8. The number of hydrogen-bond donors (Lipinski definition) is 0. The molecular formula is C13H24F2O2S. The van der Waals surface area contributed by atoms with Gasteiger partial charge in [-0.3, -0.25) is 4.79 Å². The Morgan fingerprint density at radius 2 is 1.83 bits per heavy atom. The molecule has 0 fully saturated rings. The van der Waals surface area contributed by atoms with Crippen LogP contribution in [0.5, 0.6) is 0 Å². The zero-order chi connectivity index (χ0) is 14.0. The second-order valence-corrected chi connectivity index (χ2v) is 6.23. The van der Waals surface area contributed by atoms with Gasteiger partial charge in [0.05, 0.1) is 11.9 Å². The first-order chi connectivity index (χ1) is 8.43. The van der Waals surface area contributed by atoms with Crippen molar-refractivity contribution in [1.29, 1.82) is 0 Å². The monoisotopic (exact) mass is 282 g/mol. The van der Waals surface area contributed by atoms with Crippen molar-refractivity contribution in [2.75, 3.05) is 12.4 Å². The van der Waals surface area contributed by atoms with E-state index in [4.69, 9.17) is 4.74 Å². The number of halogens is 2. The van der Waals surface area contributed by atoms with Crippen LogP contribution in [-0.4, -0.2) is 30.0 Å². The van der Waals surface area contributed by atoms with Gasteiger partial charge in [0, 0.05) is 6.42 Å². The third-order valence-corrected chi connectivity index (χ3v) is 3.54. The predicted molar refractivity (Wildman–Crippen MR) is 72.2 cm³/mol. The average molecular weight is 282 g/mol. The van der Waals surface area contributed by atoms with Crippen molar-refractivity contribution in [3.05, 3.63) is 0 Å². The zero-order valence-electron chi connectivity index (χ0n) is 11.5. The first-order valence-electron chi connectivity index (χ1n) is 6.49. The zero-order valence-corrected chi connectivity index (χ0v) is 12.3. The first-order valence-corrected chi connectivity index (χ1v) is 7.54. The fourth-order valence-electron chi connectivity index (χ4n) is 1.27. The number of carbonyl (C=O) groups is 1. The Morgan fingerprint density at radius 3 is 2.39 bits per heavy atom. The molecular weight excluding hydrogens is 258 g/mol. The van der Waals surface area contributed by atoms with Crippen molar-refractivity contribution in [3.8, 4) is 0 Å². The molecule has 2 nitrogen and oxygen atoms in total. The summed E-state index contributed by atoms with van der Waals surface area (Å²) in [4.78, 5) is 11.5. The Morgan fingerprint density at radius 1 is 1.17 bits per heavy atom. The van der Waals surface area contributed by atoms with E-state index in [9.17, 15) is 13.6 Å². The summed E-state index contributed by atoms with van der Waals surface area (Å²) in [5, 5.41) is -0.168. The molecule has 0 aliphatic carbocycles. The van der Waals surface area contributed by atoms with Crippen LogP contribution in [0.25, 0.3) is 0 Å². The summed E-state index contributed by atoms with van der Waals surface area (Å²) in [6, 6.07) is 0. The number of carbonyl (C=O) groups excluding carboxylic acids is 1. The molecule has 0 aliphatic heterocycles. The summed E-state index contributed by atoms with van der Waals surface area (Å²) in [7, 11) is 0. The molecule has 0 spiro atoms. The van der Waals surface area contributed by atoms with Gasteiger partial charge in [0.25, 0.3) is 0 Å². The van der Waals surface area contributed by atoms with Gasteiger partial charge >= 0.3 is 5.97 Å². The summed E-state index contributed by atoms with van der Waals surface area (Å²) in [5.74, 6) is 0.989. The van der Waals surface area contributed by atoms with Crippen molar-refractivity contribution >= 4 is 17.7 Å². The number of esters is 1. The van der Waals surface area contributed by atoms with Gasteiger partial charge in [-0.05, 0) is 31.4 Å². The van der Waals surface area contributed by atoms with Crippen molar-refractivity contribution in [2.45, 2.75) is 58.1 Å². The lowest BCUT2D eigenvalue weighted by Crippen LogP contribution is -2.19. The van der Waals surface area contributed by atoms with Crippen molar-refractivity contribution < 1.29 is 18.3 Å². The minimum Gasteiger partial charge on any atom is -0.465 e. The lowest BCUT2D eigenvalue weighted by molar-refractivity contribution is -0.143. The maximum atomic E-state index is 11.9. The molecule has 0 bridgehead atoms. The third-order valence-electron chi connectivity index (χ3n) is 2.33. The normalized spacial score (nSPS) is 13.1. The SMILES string of the molecule is CC(C)COC(=O)C(C)SCCCCCC(F)F. The lowest BCUT2D eigenvalue weighted by Gasteiger charge is -2.12. The molecule has 18 heavy (non-hydrogen) atoms. The number of unbranched alkanes of at least 4 members (excludes halogenated alkanes) is 2. The van der Waals surface area contributed by atoms with Crippen LogP contribution in [0.15, 0.2) is 0 Å². The molecule has 0 aromatic heterocycles. The lowest BCUT2D eigenvalue weighted by atomic mass is 10.2. The molecule has 0 amide bonds. The Kier molecular flexibility index (Phi) is 10.4. The highest BCUT2D eigenvalue weighted by Crippen LogP contribution is 2.16. The summed E-state index contributed by atoms with van der Waals surface area (Å²) >= 11 is 1.53. The smallest absolute Gasteiger partial charge is 0.318 e. The molecule has 0 aromatic rings. The maximum Gasteiger partial charge on any atom is 0.318 e. The van der Waals surface area contributed by atoms with E-state index in [0.29, 0.717) is 18.9 Å². The van der Waals surface area contributed by atoms with Gasteiger partial charge in [-0.2, -0.15) is 0 Å². The number of alkyl halides is 2. The highest BCUT2D eigenvalue weighted by Gasteiger charge is 2.14. The van der Waals surface area contributed by atoms with Gasteiger partial charge in [0.2, 0.25) is 6.43 Å². The topological polar surface area (TPSA) is 26.3 Å². The molecule has 0 saturated heterocycles. The van der Waals surface area contributed by atoms with Crippen molar-refractivity contribution in [3.63, 3.8) is 0 Å². The predicted octanol–water partition coefficient (Wildman–Crippen LogP) is 4.13. The second kappa shape index (κ2) is 10.6. The van der Waals surface area contributed by atoms with Crippen LogP contribution < -0.4 is 0 Å². The van der Waals surface area contributed by atoms with Crippen LogP contribution in [0.3, 0.4) is 0 Å². The fraction of sp³-hybridized carbons (Fsp3) is 0.923. The van der Waals surface area contributed by atoms with Gasteiger partial charge in [0.1, 0.15) is 0 Å². The van der Waals surface area contributed by atoms with Crippen molar-refractivity contribution in [2.24, 2.45) is 5.92 Å². The van der Waals surface area contributed by atoms with Gasteiger partial charge in [0.15, 0.2) is 0 Å². The fourth-order valence-corrected chi connectivity index (χ4v) is 2.20. The Labute approximate surface area is 113 Å². The van der Waals surface area contributed by atoms with E-state index in [1.807, 2.05) is 20.8 Å². The molecule has 0 N–H and O–H groups in total. The molecule has 0 radical (unpaired) electrons. The molecule has 0 rings (SSSR count). The van der Waals surface area contributed by atoms with Crippen LogP contribution in [-0.2, 0) is 9.53 Å². The van der Waals surface area contributed by atoms with Crippen LogP contribution >= 0.6 is 11.8 Å². The Hall–Kier alpha value is -0.320. The molecule has 108 valence electrons. The van der Waals surface area contributed by atoms with E-state index >= 15 is 0 Å². The highest BCUT2D eigenvalue weighted by molar-refractivity contribution is 8.00. The Bertz CT molecular complexity index is 223. The third kappa shape index (κ3) is 10.8. The Balaban J connectivity index is 3.46. The van der Waals surface area contributed by atoms with E-state index in [0.717, 1.165) is 18.6 Å². The summed E-state index contributed by atoms with van der Waals surface area (Å²) in [6.45, 7) is 6.27. The van der Waals surface area contributed by atoms with Crippen LogP contribution in [0, 0.1) is 5.92 Å². The molecule has 0 aliphatic rings. The van der Waals surface area contributed by atoms with Gasteiger partial charge in [-0.15, -0.1) is 11.8 Å². The van der Waals surface area contributed by atoms with Gasteiger partial charge < -0.3 is 4.74 Å². The summed E-state index contributed by atoms with van der Waals surface area (Å²) in [6.07, 6.45) is 0.0216. The minimum atomic E-state index is -2.19. The minimum absolute atomic E-state index is 0.0172. The molecule has 0 heterocycles. The summed E-state index contributed by atoms with van der Waals surface area (Å²) in [5.41, 5.74) is 0. The number of thioether (sulfide) groups is 1. The number of ether oxygens (including phenoxy) is 1. The molecule has 1 unspecified atom stereocenters. The molecule has 0 saturated carbocycles. The van der Waals surface area contributed by atoms with Crippen LogP contribution in [0.4, 0.5) is 8.78 Å². The number of hydrogen-bond acceptors (Lipinski definition) is 3. The number of rotatable bonds is 10. The molecule has 5 heteroatoms.